The Morgan fingerprint density at radius 2 is 2.10 bits per heavy atom. The van der Waals surface area contributed by atoms with Gasteiger partial charge in [0.1, 0.15) is 12.4 Å². The van der Waals surface area contributed by atoms with Crippen LogP contribution in [0.15, 0.2) is 40.9 Å². The Balaban J connectivity index is 2.21. The van der Waals surface area contributed by atoms with Crippen LogP contribution in [0.3, 0.4) is 0 Å². The molecule has 0 aromatic heterocycles. The summed E-state index contributed by atoms with van der Waals surface area (Å²) in [4.78, 5) is 9.87. The van der Waals surface area contributed by atoms with E-state index in [1.807, 2.05) is 0 Å². The highest BCUT2D eigenvalue weighted by Crippen LogP contribution is 2.29. The van der Waals surface area contributed by atoms with Crippen molar-refractivity contribution in [1.29, 1.82) is 0 Å². The summed E-state index contributed by atoms with van der Waals surface area (Å²) in [6.45, 7) is -0.149. The lowest BCUT2D eigenvalue weighted by Crippen LogP contribution is -2.02. The molecule has 0 unspecified atom stereocenters. The van der Waals surface area contributed by atoms with Crippen molar-refractivity contribution in [2.45, 2.75) is 6.61 Å². The normalized spacial score (nSPS) is 10.3. The molecule has 0 heterocycles. The van der Waals surface area contributed by atoms with Gasteiger partial charge in [0.15, 0.2) is 0 Å². The minimum atomic E-state index is -0.899. The number of ether oxygens (including phenoxy) is 1. The van der Waals surface area contributed by atoms with Gasteiger partial charge in [-0.05, 0) is 18.2 Å². The average Bonchev–Trinajstić information content (AvgIpc) is 2.41. The average molecular weight is 361 g/mol. The van der Waals surface area contributed by atoms with Crippen LogP contribution in [0.5, 0.6) is 5.75 Å². The molecule has 0 N–H and O–H groups in total. The maximum absolute atomic E-state index is 13.8. The lowest BCUT2D eigenvalue weighted by atomic mass is 10.2. The lowest BCUT2D eigenvalue weighted by molar-refractivity contribution is -0.387. The molecular formula is C13H8BrClFNO3. The first-order valence-electron chi connectivity index (χ1n) is 5.48. The van der Waals surface area contributed by atoms with Crippen molar-refractivity contribution >= 4 is 33.2 Å². The Kier molecular flexibility index (Phi) is 4.57. The molecule has 0 saturated heterocycles. The van der Waals surface area contributed by atoms with Gasteiger partial charge in [-0.15, -0.1) is 0 Å². The Hall–Kier alpha value is -1.66. The zero-order valence-electron chi connectivity index (χ0n) is 9.98. The zero-order chi connectivity index (χ0) is 14.7. The summed E-state index contributed by atoms with van der Waals surface area (Å²) in [5.41, 5.74) is -0.485. The smallest absolute Gasteiger partial charge is 0.305 e. The Labute approximate surface area is 127 Å². The van der Waals surface area contributed by atoms with E-state index in [1.54, 1.807) is 18.2 Å². The van der Waals surface area contributed by atoms with E-state index in [9.17, 15) is 14.5 Å². The first kappa shape index (κ1) is 14.7. The largest absolute Gasteiger partial charge is 0.487 e. The molecule has 2 aromatic rings. The van der Waals surface area contributed by atoms with Gasteiger partial charge in [-0.2, -0.15) is 4.39 Å². The van der Waals surface area contributed by atoms with Gasteiger partial charge < -0.3 is 4.74 Å². The van der Waals surface area contributed by atoms with Gasteiger partial charge >= 0.3 is 5.69 Å². The number of nitro benzene ring substituents is 1. The predicted octanol–water partition coefficient (Wildman–Crippen LogP) is 4.73. The summed E-state index contributed by atoms with van der Waals surface area (Å²) >= 11 is 9.20. The fraction of sp³-hybridized carbons (Fsp3) is 0.0769. The standard InChI is InChI=1S/C13H8BrClFNO3/c14-9-4-5-10(15)12(6-9)20-7-8-2-1-3-11(13(8)16)17(18)19/h1-6H,7H2. The molecule has 0 radical (unpaired) electrons. The van der Waals surface area contributed by atoms with E-state index in [0.717, 1.165) is 10.5 Å². The molecule has 0 spiro atoms. The van der Waals surface area contributed by atoms with Gasteiger partial charge in [-0.3, -0.25) is 10.1 Å². The number of hydrogen-bond acceptors (Lipinski definition) is 3. The summed E-state index contributed by atoms with van der Waals surface area (Å²) in [6, 6.07) is 8.94. The Morgan fingerprint density at radius 1 is 1.35 bits per heavy atom. The van der Waals surface area contributed by atoms with Crippen LogP contribution in [0.2, 0.25) is 5.02 Å². The van der Waals surface area contributed by atoms with E-state index in [-0.39, 0.29) is 12.2 Å². The fourth-order valence-corrected chi connectivity index (χ4v) is 2.07. The van der Waals surface area contributed by atoms with E-state index >= 15 is 0 Å². The predicted molar refractivity (Wildman–Crippen MR) is 76.5 cm³/mol. The van der Waals surface area contributed by atoms with Gasteiger partial charge in [0.2, 0.25) is 5.82 Å². The SMILES string of the molecule is O=[N+]([O-])c1cccc(COc2cc(Br)ccc2Cl)c1F. The molecule has 0 aliphatic rings. The van der Waals surface area contributed by atoms with E-state index in [2.05, 4.69) is 15.9 Å². The maximum atomic E-state index is 13.8. The number of halogens is 3. The molecule has 4 nitrogen and oxygen atoms in total. The van der Waals surface area contributed by atoms with Gasteiger partial charge in [-0.25, -0.2) is 0 Å². The third-order valence-corrected chi connectivity index (χ3v) is 3.34. The van der Waals surface area contributed by atoms with Crippen molar-refractivity contribution in [3.05, 3.63) is 67.4 Å². The van der Waals surface area contributed by atoms with Crippen LogP contribution in [-0.4, -0.2) is 4.92 Å². The molecule has 7 heteroatoms. The Morgan fingerprint density at radius 3 is 2.80 bits per heavy atom. The second-order valence-electron chi connectivity index (χ2n) is 3.87. The maximum Gasteiger partial charge on any atom is 0.305 e. The third-order valence-electron chi connectivity index (χ3n) is 2.53. The Bertz CT molecular complexity index is 666. The van der Waals surface area contributed by atoms with Crippen LogP contribution in [0.4, 0.5) is 10.1 Å². The van der Waals surface area contributed by atoms with Crippen LogP contribution in [0.25, 0.3) is 0 Å². The van der Waals surface area contributed by atoms with Gasteiger partial charge in [-0.1, -0.05) is 39.7 Å². The number of rotatable bonds is 4. The minimum Gasteiger partial charge on any atom is -0.487 e. The summed E-state index contributed by atoms with van der Waals surface area (Å²) in [6.07, 6.45) is 0. The van der Waals surface area contributed by atoms with Crippen molar-refractivity contribution in [2.24, 2.45) is 0 Å². The fourth-order valence-electron chi connectivity index (χ4n) is 1.56. The highest BCUT2D eigenvalue weighted by atomic mass is 79.9. The highest BCUT2D eigenvalue weighted by Gasteiger charge is 2.17. The van der Waals surface area contributed by atoms with Crippen molar-refractivity contribution in [1.82, 2.24) is 0 Å². The van der Waals surface area contributed by atoms with Gasteiger partial charge in [0, 0.05) is 16.1 Å². The summed E-state index contributed by atoms with van der Waals surface area (Å²) < 4.78 is 20.0. The molecule has 0 amide bonds. The molecule has 0 saturated carbocycles. The first-order valence-corrected chi connectivity index (χ1v) is 6.66. The second-order valence-corrected chi connectivity index (χ2v) is 5.19. The molecule has 104 valence electrons. The molecule has 0 fully saturated rings. The van der Waals surface area contributed by atoms with Gasteiger partial charge in [0.05, 0.1) is 9.95 Å². The van der Waals surface area contributed by atoms with E-state index in [0.29, 0.717) is 10.8 Å². The lowest BCUT2D eigenvalue weighted by Gasteiger charge is -2.09. The van der Waals surface area contributed by atoms with E-state index in [1.165, 1.54) is 12.1 Å². The van der Waals surface area contributed by atoms with Crippen LogP contribution in [0, 0.1) is 15.9 Å². The minimum absolute atomic E-state index is 0.0928. The number of hydrogen-bond donors (Lipinski definition) is 0. The van der Waals surface area contributed by atoms with Crippen molar-refractivity contribution < 1.29 is 14.1 Å². The quantitative estimate of drug-likeness (QED) is 0.585. The molecule has 0 aliphatic heterocycles. The summed E-state index contributed by atoms with van der Waals surface area (Å²) in [7, 11) is 0. The van der Waals surface area contributed by atoms with Crippen molar-refractivity contribution in [3.63, 3.8) is 0 Å². The van der Waals surface area contributed by atoms with E-state index in [4.69, 9.17) is 16.3 Å². The summed E-state index contributed by atoms with van der Waals surface area (Å²) in [5, 5.41) is 11.0. The van der Waals surface area contributed by atoms with Crippen LogP contribution in [0.1, 0.15) is 5.56 Å². The topological polar surface area (TPSA) is 52.4 Å². The third kappa shape index (κ3) is 3.26. The first-order chi connectivity index (χ1) is 9.49. The van der Waals surface area contributed by atoms with E-state index < -0.39 is 16.4 Å². The number of nitrogens with zero attached hydrogens (tertiary/aromatic N) is 1. The molecule has 2 rings (SSSR count). The van der Waals surface area contributed by atoms with Crippen LogP contribution >= 0.6 is 27.5 Å². The number of benzene rings is 2. The monoisotopic (exact) mass is 359 g/mol. The van der Waals surface area contributed by atoms with Gasteiger partial charge in [0.25, 0.3) is 0 Å². The molecular weight excluding hydrogens is 353 g/mol. The number of nitro groups is 1. The zero-order valence-corrected chi connectivity index (χ0v) is 12.3. The molecule has 0 atom stereocenters. The molecule has 20 heavy (non-hydrogen) atoms. The second kappa shape index (κ2) is 6.19. The van der Waals surface area contributed by atoms with Crippen molar-refractivity contribution in [2.75, 3.05) is 0 Å². The molecule has 0 aliphatic carbocycles. The van der Waals surface area contributed by atoms with Crippen LogP contribution < -0.4 is 4.74 Å². The molecule has 0 bridgehead atoms. The van der Waals surface area contributed by atoms with Crippen LogP contribution in [-0.2, 0) is 6.61 Å². The highest BCUT2D eigenvalue weighted by molar-refractivity contribution is 9.10. The molecule has 2 aromatic carbocycles. The summed E-state index contributed by atoms with van der Waals surface area (Å²) in [5.74, 6) is -0.532. The van der Waals surface area contributed by atoms with Crippen molar-refractivity contribution in [3.8, 4) is 5.75 Å².